The molecule has 7 heteroatoms. The number of ether oxygens (including phenoxy) is 2. The lowest BCUT2D eigenvalue weighted by Crippen LogP contribution is -2.33. The summed E-state index contributed by atoms with van der Waals surface area (Å²) in [4.78, 5) is 32.6. The second-order valence-corrected chi connectivity index (χ2v) is 6.84. The Labute approximate surface area is 172 Å². The molecule has 7 nitrogen and oxygen atoms in total. The highest BCUT2D eigenvalue weighted by molar-refractivity contribution is 5.80. The van der Waals surface area contributed by atoms with Crippen molar-refractivity contribution in [1.29, 1.82) is 0 Å². The Morgan fingerprint density at radius 3 is 2.72 bits per heavy atom. The highest BCUT2D eigenvalue weighted by Crippen LogP contribution is 2.22. The third-order valence-electron chi connectivity index (χ3n) is 4.63. The standard InChI is InChI=1S/C22H30N2O5/c1-3-27-22(26)20-21(28-16-23-20)18(2)11-7-4-5-10-14-24(17-25)29-15-19-12-8-6-9-13-19/h6,8-9,12-13,16-17,20-21H,2-5,7,10-11,14-15H2,1H3. The van der Waals surface area contributed by atoms with Gasteiger partial charge in [0.15, 0.2) is 18.5 Å². The van der Waals surface area contributed by atoms with Crippen molar-refractivity contribution in [3.05, 3.63) is 48.0 Å². The van der Waals surface area contributed by atoms with Crippen LogP contribution in [-0.4, -0.2) is 49.1 Å². The number of hydrogen-bond donors (Lipinski definition) is 0. The molecular weight excluding hydrogens is 372 g/mol. The van der Waals surface area contributed by atoms with E-state index in [1.54, 1.807) is 6.92 Å². The van der Waals surface area contributed by atoms with Crippen LogP contribution in [0.5, 0.6) is 0 Å². The van der Waals surface area contributed by atoms with Crippen molar-refractivity contribution in [3.8, 4) is 0 Å². The van der Waals surface area contributed by atoms with E-state index >= 15 is 0 Å². The fourth-order valence-electron chi connectivity index (χ4n) is 3.05. The lowest BCUT2D eigenvalue weighted by Gasteiger charge is -2.18. The second-order valence-electron chi connectivity index (χ2n) is 6.84. The smallest absolute Gasteiger partial charge is 0.335 e. The molecule has 1 aliphatic rings. The van der Waals surface area contributed by atoms with Crippen molar-refractivity contribution in [2.75, 3.05) is 13.2 Å². The first kappa shape index (κ1) is 22.6. The summed E-state index contributed by atoms with van der Waals surface area (Å²) in [6.07, 6.45) is 6.09. The summed E-state index contributed by atoms with van der Waals surface area (Å²) in [5, 5.41) is 1.35. The van der Waals surface area contributed by atoms with E-state index in [4.69, 9.17) is 14.3 Å². The number of amides is 1. The van der Waals surface area contributed by atoms with Gasteiger partial charge in [-0.3, -0.25) is 9.63 Å². The van der Waals surface area contributed by atoms with Crippen LogP contribution in [0.2, 0.25) is 0 Å². The Morgan fingerprint density at radius 2 is 2.00 bits per heavy atom. The van der Waals surface area contributed by atoms with Gasteiger partial charge in [0.25, 0.3) is 0 Å². The first-order valence-corrected chi connectivity index (χ1v) is 10.1. The number of benzene rings is 1. The molecule has 1 aromatic carbocycles. The van der Waals surface area contributed by atoms with Crippen LogP contribution in [0.1, 0.15) is 44.6 Å². The molecule has 1 aliphatic heterocycles. The van der Waals surface area contributed by atoms with E-state index < -0.39 is 12.1 Å². The first-order valence-electron chi connectivity index (χ1n) is 10.1. The average Bonchev–Trinajstić information content (AvgIpc) is 3.23. The molecular formula is C22H30N2O5. The van der Waals surface area contributed by atoms with Crippen molar-refractivity contribution >= 4 is 18.8 Å². The maximum Gasteiger partial charge on any atom is 0.335 e. The van der Waals surface area contributed by atoms with Crippen LogP contribution >= 0.6 is 0 Å². The number of rotatable bonds is 14. The SMILES string of the molecule is C=C(CCCCCCN(C=O)OCc1ccccc1)C1OC=NC1C(=O)OCC. The van der Waals surface area contributed by atoms with Gasteiger partial charge >= 0.3 is 5.97 Å². The maximum absolute atomic E-state index is 11.9. The van der Waals surface area contributed by atoms with Gasteiger partial charge in [0.2, 0.25) is 6.41 Å². The molecule has 0 fully saturated rings. The molecule has 1 aromatic rings. The molecule has 2 rings (SSSR count). The maximum atomic E-state index is 11.9. The van der Waals surface area contributed by atoms with Crippen molar-refractivity contribution in [2.45, 2.75) is 57.8 Å². The number of nitrogens with zero attached hydrogens (tertiary/aromatic N) is 2. The van der Waals surface area contributed by atoms with E-state index in [9.17, 15) is 9.59 Å². The lowest BCUT2D eigenvalue weighted by molar-refractivity contribution is -0.177. The molecule has 0 saturated heterocycles. The molecule has 158 valence electrons. The Kier molecular flexibility index (Phi) is 9.92. The Balaban J connectivity index is 1.58. The van der Waals surface area contributed by atoms with Gasteiger partial charge in [0, 0.05) is 6.54 Å². The summed E-state index contributed by atoms with van der Waals surface area (Å²) in [7, 11) is 0. The summed E-state index contributed by atoms with van der Waals surface area (Å²) < 4.78 is 10.5. The van der Waals surface area contributed by atoms with Gasteiger partial charge in [-0.15, -0.1) is 0 Å². The molecule has 0 aromatic heterocycles. The number of aliphatic imine (C=N–C) groups is 1. The van der Waals surface area contributed by atoms with Gasteiger partial charge in [-0.2, -0.15) is 0 Å². The summed E-state index contributed by atoms with van der Waals surface area (Å²) >= 11 is 0. The van der Waals surface area contributed by atoms with Crippen molar-refractivity contribution in [2.24, 2.45) is 4.99 Å². The third-order valence-corrected chi connectivity index (χ3v) is 4.63. The summed E-state index contributed by atoms with van der Waals surface area (Å²) in [5.74, 6) is -0.378. The van der Waals surface area contributed by atoms with Gasteiger partial charge in [-0.05, 0) is 37.3 Å². The molecule has 2 unspecified atom stereocenters. The molecule has 0 saturated carbocycles. The van der Waals surface area contributed by atoms with Gasteiger partial charge in [-0.25, -0.2) is 14.9 Å². The normalized spacial score (nSPS) is 17.6. The minimum absolute atomic E-state index is 0.316. The van der Waals surface area contributed by atoms with Crippen LogP contribution in [-0.2, 0) is 30.5 Å². The van der Waals surface area contributed by atoms with Gasteiger partial charge in [0.1, 0.15) is 6.61 Å². The Hall–Kier alpha value is -2.67. The van der Waals surface area contributed by atoms with Crippen molar-refractivity contribution in [1.82, 2.24) is 5.06 Å². The number of esters is 1. The van der Waals surface area contributed by atoms with Crippen molar-refractivity contribution < 1.29 is 23.9 Å². The molecule has 1 amide bonds. The van der Waals surface area contributed by atoms with Gasteiger partial charge in [-0.1, -0.05) is 49.8 Å². The highest BCUT2D eigenvalue weighted by atomic mass is 16.7. The largest absolute Gasteiger partial charge is 0.473 e. The van der Waals surface area contributed by atoms with Crippen LogP contribution in [0, 0.1) is 0 Å². The fourth-order valence-corrected chi connectivity index (χ4v) is 3.05. The summed E-state index contributed by atoms with van der Waals surface area (Å²) in [6.45, 7) is 7.07. The average molecular weight is 402 g/mol. The van der Waals surface area contributed by atoms with E-state index in [0.29, 0.717) is 19.8 Å². The summed E-state index contributed by atoms with van der Waals surface area (Å²) in [5.41, 5.74) is 1.87. The number of hydrogen-bond acceptors (Lipinski definition) is 6. The third kappa shape index (κ3) is 7.69. The predicted molar refractivity (Wildman–Crippen MR) is 110 cm³/mol. The quantitative estimate of drug-likeness (QED) is 0.157. The number of unbranched alkanes of at least 4 members (excludes halogenated alkanes) is 3. The number of carbonyl (C=O) groups excluding carboxylic acids is 2. The molecule has 29 heavy (non-hydrogen) atoms. The molecule has 0 radical (unpaired) electrons. The van der Waals surface area contributed by atoms with E-state index in [1.165, 1.54) is 11.5 Å². The fraction of sp³-hybridized carbons (Fsp3) is 0.500. The monoisotopic (exact) mass is 402 g/mol. The molecule has 1 heterocycles. The van der Waals surface area contributed by atoms with Crippen LogP contribution in [0.3, 0.4) is 0 Å². The molecule has 2 atom stereocenters. The van der Waals surface area contributed by atoms with E-state index in [-0.39, 0.29) is 5.97 Å². The molecule has 0 N–H and O–H groups in total. The van der Waals surface area contributed by atoms with Crippen LogP contribution in [0.15, 0.2) is 47.5 Å². The van der Waals surface area contributed by atoms with Gasteiger partial charge in [0.05, 0.1) is 6.61 Å². The van der Waals surface area contributed by atoms with E-state index in [2.05, 4.69) is 11.6 Å². The first-order chi connectivity index (χ1) is 14.2. The topological polar surface area (TPSA) is 77.4 Å². The zero-order valence-electron chi connectivity index (χ0n) is 17.0. The molecule has 0 spiro atoms. The highest BCUT2D eigenvalue weighted by Gasteiger charge is 2.35. The molecule has 0 bridgehead atoms. The predicted octanol–water partition coefficient (Wildman–Crippen LogP) is 3.44. The van der Waals surface area contributed by atoms with E-state index in [0.717, 1.165) is 49.7 Å². The minimum atomic E-state index is -0.648. The zero-order chi connectivity index (χ0) is 20.9. The zero-order valence-corrected chi connectivity index (χ0v) is 17.0. The van der Waals surface area contributed by atoms with Crippen LogP contribution in [0.25, 0.3) is 0 Å². The number of carbonyl (C=O) groups is 2. The minimum Gasteiger partial charge on any atom is -0.473 e. The molecule has 0 aliphatic carbocycles. The van der Waals surface area contributed by atoms with Crippen LogP contribution < -0.4 is 0 Å². The number of hydroxylamine groups is 2. The van der Waals surface area contributed by atoms with E-state index in [1.807, 2.05) is 30.3 Å². The Bertz CT molecular complexity index is 677. The Morgan fingerprint density at radius 1 is 1.24 bits per heavy atom. The second kappa shape index (κ2) is 12.7. The van der Waals surface area contributed by atoms with Crippen LogP contribution in [0.4, 0.5) is 0 Å². The lowest BCUT2D eigenvalue weighted by atomic mass is 9.98. The summed E-state index contributed by atoms with van der Waals surface area (Å²) in [6, 6.07) is 9.09. The van der Waals surface area contributed by atoms with Gasteiger partial charge < -0.3 is 9.47 Å². The van der Waals surface area contributed by atoms with Crippen molar-refractivity contribution in [3.63, 3.8) is 0 Å².